The van der Waals surface area contributed by atoms with Crippen LogP contribution in [-0.4, -0.2) is 36.4 Å². The van der Waals surface area contributed by atoms with Crippen LogP contribution in [0.3, 0.4) is 0 Å². The van der Waals surface area contributed by atoms with E-state index in [2.05, 4.69) is 17.4 Å². The van der Waals surface area contributed by atoms with Gasteiger partial charge in [0, 0.05) is 13.1 Å². The van der Waals surface area contributed by atoms with Crippen LogP contribution in [0.15, 0.2) is 78.9 Å². The maximum absolute atomic E-state index is 13.7. The second kappa shape index (κ2) is 10.1. The smallest absolute Gasteiger partial charge is 0.262 e. The van der Waals surface area contributed by atoms with Crippen LogP contribution < -0.4 is 10.1 Å². The summed E-state index contributed by atoms with van der Waals surface area (Å²) in [6.45, 7) is 1.01. The minimum Gasteiger partial charge on any atom is -0.483 e. The number of amides is 2. The molecule has 5 nitrogen and oxygen atoms in total. The number of nitrogens with zero attached hydrogens (tertiary/aromatic N) is 1. The quantitative estimate of drug-likeness (QED) is 0.605. The molecule has 0 radical (unpaired) electrons. The van der Waals surface area contributed by atoms with Gasteiger partial charge in [0.15, 0.2) is 6.61 Å². The monoisotopic (exact) mass is 432 g/mol. The van der Waals surface area contributed by atoms with Gasteiger partial charge in [0.2, 0.25) is 0 Å². The Bertz CT molecular complexity index is 1080. The molecule has 0 saturated carbocycles. The molecule has 0 atom stereocenters. The molecular formula is C26H25FN2O3. The molecule has 0 aliphatic carbocycles. The molecule has 0 aromatic heterocycles. The van der Waals surface area contributed by atoms with Crippen LogP contribution >= 0.6 is 0 Å². The molecule has 2 amide bonds. The lowest BCUT2D eigenvalue weighted by molar-refractivity contribution is -0.118. The molecular weight excluding hydrogens is 407 g/mol. The molecule has 0 unspecified atom stereocenters. The number of benzene rings is 3. The first-order chi connectivity index (χ1) is 15.6. The van der Waals surface area contributed by atoms with Gasteiger partial charge in [-0.25, -0.2) is 4.39 Å². The normalized spacial score (nSPS) is 14.1. The second-order valence-corrected chi connectivity index (χ2v) is 7.79. The van der Waals surface area contributed by atoms with Crippen molar-refractivity contribution in [3.63, 3.8) is 0 Å². The average molecular weight is 432 g/mol. The van der Waals surface area contributed by atoms with Crippen molar-refractivity contribution in [1.29, 1.82) is 0 Å². The molecule has 1 aliphatic rings. The van der Waals surface area contributed by atoms with Gasteiger partial charge in [-0.2, -0.15) is 0 Å². The highest BCUT2D eigenvalue weighted by molar-refractivity contribution is 5.97. The first-order valence-corrected chi connectivity index (χ1v) is 10.7. The van der Waals surface area contributed by atoms with Crippen LogP contribution in [0.1, 0.15) is 34.7 Å². The summed E-state index contributed by atoms with van der Waals surface area (Å²) >= 11 is 0. The number of para-hydroxylation sites is 2. The number of hydrogen-bond acceptors (Lipinski definition) is 3. The molecule has 3 aromatic carbocycles. The number of nitrogens with one attached hydrogen (secondary N) is 1. The lowest BCUT2D eigenvalue weighted by atomic mass is 9.89. The van der Waals surface area contributed by atoms with E-state index >= 15 is 0 Å². The van der Waals surface area contributed by atoms with Gasteiger partial charge in [-0.3, -0.25) is 9.59 Å². The Morgan fingerprint density at radius 3 is 2.31 bits per heavy atom. The van der Waals surface area contributed by atoms with Crippen LogP contribution in [-0.2, 0) is 4.79 Å². The van der Waals surface area contributed by atoms with Gasteiger partial charge in [0.1, 0.15) is 11.6 Å². The summed E-state index contributed by atoms with van der Waals surface area (Å²) in [4.78, 5) is 27.2. The topological polar surface area (TPSA) is 58.6 Å². The molecule has 1 aliphatic heterocycles. The molecule has 1 fully saturated rings. The van der Waals surface area contributed by atoms with E-state index in [-0.39, 0.29) is 18.2 Å². The number of ether oxygens (including phenoxy) is 1. The Morgan fingerprint density at radius 1 is 0.906 bits per heavy atom. The standard InChI is InChI=1S/C26H25FN2O3/c27-22-11-5-6-12-23(22)28-25(30)18-32-24-13-7-4-10-21(24)26(31)29-16-14-20(15-17-29)19-8-2-1-3-9-19/h1-13,20H,14-18H2,(H,28,30). The molecule has 4 rings (SSSR count). The van der Waals surface area contributed by atoms with E-state index in [1.54, 1.807) is 36.4 Å². The van der Waals surface area contributed by atoms with Crippen molar-refractivity contribution < 1.29 is 18.7 Å². The second-order valence-electron chi connectivity index (χ2n) is 7.79. The van der Waals surface area contributed by atoms with E-state index in [9.17, 15) is 14.0 Å². The van der Waals surface area contributed by atoms with Crippen molar-refractivity contribution in [2.75, 3.05) is 25.0 Å². The van der Waals surface area contributed by atoms with Gasteiger partial charge in [-0.1, -0.05) is 54.6 Å². The highest BCUT2D eigenvalue weighted by atomic mass is 19.1. The van der Waals surface area contributed by atoms with Crippen molar-refractivity contribution in [2.45, 2.75) is 18.8 Å². The number of anilines is 1. The molecule has 1 N–H and O–H groups in total. The Hall–Kier alpha value is -3.67. The van der Waals surface area contributed by atoms with E-state index < -0.39 is 11.7 Å². The third-order valence-corrected chi connectivity index (χ3v) is 5.68. The number of halogens is 1. The third kappa shape index (κ3) is 5.14. The molecule has 164 valence electrons. The Morgan fingerprint density at radius 2 is 1.56 bits per heavy atom. The highest BCUT2D eigenvalue weighted by Crippen LogP contribution is 2.29. The maximum Gasteiger partial charge on any atom is 0.262 e. The lowest BCUT2D eigenvalue weighted by Gasteiger charge is -2.32. The maximum atomic E-state index is 13.7. The fourth-order valence-corrected chi connectivity index (χ4v) is 3.97. The summed E-state index contributed by atoms with van der Waals surface area (Å²) in [6, 6.07) is 23.2. The lowest BCUT2D eigenvalue weighted by Crippen LogP contribution is -2.38. The third-order valence-electron chi connectivity index (χ3n) is 5.68. The Balaban J connectivity index is 1.36. The fourth-order valence-electron chi connectivity index (χ4n) is 3.97. The van der Waals surface area contributed by atoms with Gasteiger partial charge in [0.05, 0.1) is 11.3 Å². The number of carbonyl (C=O) groups excluding carboxylic acids is 2. The van der Waals surface area contributed by atoms with Crippen molar-refractivity contribution in [2.24, 2.45) is 0 Å². The predicted molar refractivity (Wildman–Crippen MR) is 121 cm³/mol. The number of carbonyl (C=O) groups is 2. The van der Waals surface area contributed by atoms with Crippen molar-refractivity contribution in [1.82, 2.24) is 4.90 Å². The molecule has 1 heterocycles. The van der Waals surface area contributed by atoms with Crippen molar-refractivity contribution in [3.05, 3.63) is 95.8 Å². The van der Waals surface area contributed by atoms with E-state index in [0.717, 1.165) is 12.8 Å². The first kappa shape index (κ1) is 21.6. The SMILES string of the molecule is O=C(COc1ccccc1C(=O)N1CCC(c2ccccc2)CC1)Nc1ccccc1F. The zero-order valence-electron chi connectivity index (χ0n) is 17.7. The zero-order chi connectivity index (χ0) is 22.3. The van der Waals surface area contributed by atoms with Crippen LogP contribution in [0.2, 0.25) is 0 Å². The number of piperidine rings is 1. The molecule has 6 heteroatoms. The zero-order valence-corrected chi connectivity index (χ0v) is 17.7. The molecule has 3 aromatic rings. The summed E-state index contributed by atoms with van der Waals surface area (Å²) in [5, 5.41) is 2.48. The summed E-state index contributed by atoms with van der Waals surface area (Å²) < 4.78 is 19.4. The van der Waals surface area contributed by atoms with E-state index in [0.29, 0.717) is 30.3 Å². The summed E-state index contributed by atoms with van der Waals surface area (Å²) in [7, 11) is 0. The van der Waals surface area contributed by atoms with Crippen LogP contribution in [0.5, 0.6) is 5.75 Å². The highest BCUT2D eigenvalue weighted by Gasteiger charge is 2.26. The van der Waals surface area contributed by atoms with E-state index in [1.807, 2.05) is 23.1 Å². The van der Waals surface area contributed by atoms with Crippen LogP contribution in [0.4, 0.5) is 10.1 Å². The number of hydrogen-bond donors (Lipinski definition) is 1. The van der Waals surface area contributed by atoms with Crippen LogP contribution in [0, 0.1) is 5.82 Å². The van der Waals surface area contributed by atoms with Gasteiger partial charge >= 0.3 is 0 Å². The van der Waals surface area contributed by atoms with E-state index in [1.165, 1.54) is 17.7 Å². The van der Waals surface area contributed by atoms with Gasteiger partial charge in [-0.05, 0) is 48.6 Å². The Labute approximate surface area is 186 Å². The number of rotatable bonds is 6. The summed E-state index contributed by atoms with van der Waals surface area (Å²) in [5.74, 6) is -0.335. The largest absolute Gasteiger partial charge is 0.483 e. The molecule has 32 heavy (non-hydrogen) atoms. The summed E-state index contributed by atoms with van der Waals surface area (Å²) in [5.41, 5.74) is 1.82. The summed E-state index contributed by atoms with van der Waals surface area (Å²) in [6.07, 6.45) is 1.81. The fraction of sp³-hybridized carbons (Fsp3) is 0.231. The minimum absolute atomic E-state index is 0.0896. The predicted octanol–water partition coefficient (Wildman–Crippen LogP) is 4.86. The minimum atomic E-state index is -0.518. The van der Waals surface area contributed by atoms with Crippen molar-refractivity contribution in [3.8, 4) is 5.75 Å². The molecule has 1 saturated heterocycles. The van der Waals surface area contributed by atoms with Gasteiger partial charge in [0.25, 0.3) is 11.8 Å². The van der Waals surface area contributed by atoms with Crippen molar-refractivity contribution >= 4 is 17.5 Å². The molecule has 0 spiro atoms. The van der Waals surface area contributed by atoms with E-state index in [4.69, 9.17) is 4.74 Å². The average Bonchev–Trinajstić information content (AvgIpc) is 2.84. The van der Waals surface area contributed by atoms with Gasteiger partial charge < -0.3 is 15.0 Å². The van der Waals surface area contributed by atoms with Gasteiger partial charge in [-0.15, -0.1) is 0 Å². The van der Waals surface area contributed by atoms with Crippen LogP contribution in [0.25, 0.3) is 0 Å². The molecule has 0 bridgehead atoms. The number of likely N-dealkylation sites (tertiary alicyclic amines) is 1. The first-order valence-electron chi connectivity index (χ1n) is 10.7. The Kier molecular flexibility index (Phi) is 6.80.